The predicted molar refractivity (Wildman–Crippen MR) is 54.5 cm³/mol. The van der Waals surface area contributed by atoms with E-state index in [1.807, 2.05) is 0 Å². The molecule has 12 heavy (non-hydrogen) atoms. The number of alkyl halides is 1. The van der Waals surface area contributed by atoms with Crippen molar-refractivity contribution in [2.45, 2.75) is 37.4 Å². The van der Waals surface area contributed by atoms with E-state index in [0.29, 0.717) is 5.75 Å². The normalized spacial score (nSPS) is 28.6. The lowest BCUT2D eigenvalue weighted by atomic mass is 10.1. The van der Waals surface area contributed by atoms with Gasteiger partial charge in [-0.3, -0.25) is 0 Å². The molecule has 1 unspecified atom stereocenters. The number of halogens is 1. The van der Waals surface area contributed by atoms with Gasteiger partial charge in [0.15, 0.2) is 9.84 Å². The molecule has 0 aliphatic carbocycles. The summed E-state index contributed by atoms with van der Waals surface area (Å²) in [4.78, 5) is 0. The van der Waals surface area contributed by atoms with Gasteiger partial charge in [0.05, 0.1) is 11.0 Å². The smallest absolute Gasteiger partial charge is 0.153 e. The summed E-state index contributed by atoms with van der Waals surface area (Å²) >= 11 is 3.32. The van der Waals surface area contributed by atoms with Gasteiger partial charge in [-0.1, -0.05) is 22.4 Å². The molecular weight excluding hydrogens is 240 g/mol. The van der Waals surface area contributed by atoms with E-state index in [1.54, 1.807) is 0 Å². The van der Waals surface area contributed by atoms with Crippen molar-refractivity contribution in [3.05, 3.63) is 0 Å². The number of rotatable bonds is 3. The Bertz CT molecular complexity index is 223. The van der Waals surface area contributed by atoms with Gasteiger partial charge in [-0.25, -0.2) is 8.42 Å². The van der Waals surface area contributed by atoms with Crippen molar-refractivity contribution in [3.63, 3.8) is 0 Å². The molecule has 0 spiro atoms. The molecule has 1 fully saturated rings. The Morgan fingerprint density at radius 1 is 1.33 bits per heavy atom. The zero-order valence-electron chi connectivity index (χ0n) is 7.13. The van der Waals surface area contributed by atoms with Crippen molar-refractivity contribution in [3.8, 4) is 0 Å². The Balaban J connectivity index is 2.49. The maximum absolute atomic E-state index is 11.5. The molecular formula is C8H15BrO2S. The highest BCUT2D eigenvalue weighted by atomic mass is 79.9. The van der Waals surface area contributed by atoms with E-state index in [1.165, 1.54) is 0 Å². The van der Waals surface area contributed by atoms with Crippen LogP contribution in [-0.4, -0.2) is 24.8 Å². The van der Waals surface area contributed by atoms with Crippen LogP contribution in [0, 0.1) is 0 Å². The molecule has 0 N–H and O–H groups in total. The van der Waals surface area contributed by atoms with Crippen LogP contribution in [0.25, 0.3) is 0 Å². The third kappa shape index (κ3) is 2.73. The van der Waals surface area contributed by atoms with Crippen molar-refractivity contribution >= 4 is 25.8 Å². The van der Waals surface area contributed by atoms with E-state index >= 15 is 0 Å². The standard InChI is InChI=1S/C8H15BrO2S/c9-6-3-5-8-4-1-2-7-12(8,10)11/h8H,1-7H2. The SMILES string of the molecule is O=S1(=O)CCCCC1CCCBr. The highest BCUT2D eigenvalue weighted by molar-refractivity contribution is 9.09. The Kier molecular flexibility index (Phi) is 4.03. The zero-order chi connectivity index (χ0) is 9.03. The fraction of sp³-hybridized carbons (Fsp3) is 1.00. The average Bonchev–Trinajstić information content (AvgIpc) is 2.02. The lowest BCUT2D eigenvalue weighted by Gasteiger charge is -2.21. The minimum Gasteiger partial charge on any atom is -0.229 e. The van der Waals surface area contributed by atoms with E-state index in [2.05, 4.69) is 15.9 Å². The first-order valence-electron chi connectivity index (χ1n) is 4.44. The molecule has 1 aliphatic rings. The number of hydrogen-bond donors (Lipinski definition) is 0. The molecule has 1 heterocycles. The van der Waals surface area contributed by atoms with Crippen LogP contribution in [0.15, 0.2) is 0 Å². The maximum Gasteiger partial charge on any atom is 0.153 e. The molecule has 4 heteroatoms. The van der Waals surface area contributed by atoms with Gasteiger partial charge >= 0.3 is 0 Å². The monoisotopic (exact) mass is 254 g/mol. The van der Waals surface area contributed by atoms with E-state index in [9.17, 15) is 8.42 Å². The Hall–Kier alpha value is 0.430. The summed E-state index contributed by atoms with van der Waals surface area (Å²) in [5.41, 5.74) is 0. The van der Waals surface area contributed by atoms with Crippen LogP contribution in [0.5, 0.6) is 0 Å². The number of sulfone groups is 1. The van der Waals surface area contributed by atoms with Gasteiger partial charge in [0, 0.05) is 5.33 Å². The molecule has 72 valence electrons. The van der Waals surface area contributed by atoms with Crippen molar-refractivity contribution < 1.29 is 8.42 Å². The summed E-state index contributed by atoms with van der Waals surface area (Å²) in [6, 6.07) is 0. The first-order chi connectivity index (χ1) is 5.67. The van der Waals surface area contributed by atoms with Crippen LogP contribution in [0.3, 0.4) is 0 Å². The van der Waals surface area contributed by atoms with Crippen LogP contribution in [0.1, 0.15) is 32.1 Å². The fourth-order valence-electron chi connectivity index (χ4n) is 1.65. The van der Waals surface area contributed by atoms with E-state index < -0.39 is 9.84 Å². The molecule has 0 radical (unpaired) electrons. The molecule has 1 aliphatic heterocycles. The van der Waals surface area contributed by atoms with Gasteiger partial charge in [0.1, 0.15) is 0 Å². The van der Waals surface area contributed by atoms with Crippen LogP contribution in [0.4, 0.5) is 0 Å². The first-order valence-corrected chi connectivity index (χ1v) is 7.28. The third-order valence-corrected chi connectivity index (χ3v) is 5.28. The molecule has 1 saturated heterocycles. The minimum atomic E-state index is -2.72. The van der Waals surface area contributed by atoms with Crippen LogP contribution in [0.2, 0.25) is 0 Å². The molecule has 0 saturated carbocycles. The van der Waals surface area contributed by atoms with Crippen LogP contribution >= 0.6 is 15.9 Å². The average molecular weight is 255 g/mol. The van der Waals surface area contributed by atoms with Gasteiger partial charge in [0.2, 0.25) is 0 Å². The second-order valence-electron chi connectivity index (χ2n) is 3.32. The van der Waals surface area contributed by atoms with Gasteiger partial charge < -0.3 is 0 Å². The lowest BCUT2D eigenvalue weighted by Crippen LogP contribution is -2.28. The molecule has 0 amide bonds. The third-order valence-electron chi connectivity index (χ3n) is 2.37. The topological polar surface area (TPSA) is 34.1 Å². The second kappa shape index (κ2) is 4.61. The molecule has 2 nitrogen and oxygen atoms in total. The van der Waals surface area contributed by atoms with Crippen molar-refractivity contribution in [1.29, 1.82) is 0 Å². The Labute approximate surface area is 82.8 Å². The quantitative estimate of drug-likeness (QED) is 0.724. The van der Waals surface area contributed by atoms with Gasteiger partial charge in [-0.15, -0.1) is 0 Å². The molecule has 1 atom stereocenters. The summed E-state index contributed by atoms with van der Waals surface area (Å²) < 4.78 is 22.9. The van der Waals surface area contributed by atoms with E-state index in [0.717, 1.165) is 37.4 Å². The summed E-state index contributed by atoms with van der Waals surface area (Å²) in [7, 11) is -2.72. The van der Waals surface area contributed by atoms with Crippen LogP contribution in [-0.2, 0) is 9.84 Å². The number of hydrogen-bond acceptors (Lipinski definition) is 2. The molecule has 0 aromatic rings. The highest BCUT2D eigenvalue weighted by Gasteiger charge is 2.27. The van der Waals surface area contributed by atoms with Gasteiger partial charge in [0.25, 0.3) is 0 Å². The largest absolute Gasteiger partial charge is 0.229 e. The van der Waals surface area contributed by atoms with Crippen molar-refractivity contribution in [1.82, 2.24) is 0 Å². The summed E-state index contributed by atoms with van der Waals surface area (Å²) in [6.45, 7) is 0. The fourth-order valence-corrected chi connectivity index (χ4v) is 3.97. The van der Waals surface area contributed by atoms with Crippen LogP contribution < -0.4 is 0 Å². The molecule has 1 rings (SSSR count). The second-order valence-corrected chi connectivity index (χ2v) is 6.51. The van der Waals surface area contributed by atoms with Crippen molar-refractivity contribution in [2.75, 3.05) is 11.1 Å². The van der Waals surface area contributed by atoms with Gasteiger partial charge in [-0.2, -0.15) is 0 Å². The zero-order valence-corrected chi connectivity index (χ0v) is 9.53. The Morgan fingerprint density at radius 3 is 2.67 bits per heavy atom. The summed E-state index contributed by atoms with van der Waals surface area (Å²) in [5, 5.41) is 0.878. The van der Waals surface area contributed by atoms with Gasteiger partial charge in [-0.05, 0) is 25.7 Å². The molecule has 0 aromatic heterocycles. The van der Waals surface area contributed by atoms with Crippen molar-refractivity contribution in [2.24, 2.45) is 0 Å². The lowest BCUT2D eigenvalue weighted by molar-refractivity contribution is 0.525. The summed E-state index contributed by atoms with van der Waals surface area (Å²) in [5.74, 6) is 0.417. The highest BCUT2D eigenvalue weighted by Crippen LogP contribution is 2.23. The maximum atomic E-state index is 11.5. The summed E-state index contributed by atoms with van der Waals surface area (Å²) in [6.07, 6.45) is 4.66. The molecule has 0 aromatic carbocycles. The van der Waals surface area contributed by atoms with E-state index in [4.69, 9.17) is 0 Å². The molecule has 0 bridgehead atoms. The first kappa shape index (κ1) is 10.5. The predicted octanol–water partition coefficient (Wildman–Crippen LogP) is 2.13. The van der Waals surface area contributed by atoms with E-state index in [-0.39, 0.29) is 5.25 Å². The minimum absolute atomic E-state index is 0.0381. The Morgan fingerprint density at radius 2 is 2.08 bits per heavy atom.